The smallest absolute Gasteiger partial charge is 0.306 e. The summed E-state index contributed by atoms with van der Waals surface area (Å²) >= 11 is 1.85. The molecule has 1 fully saturated rings. The van der Waals surface area contributed by atoms with E-state index in [-0.39, 0.29) is 5.97 Å². The Kier molecular flexibility index (Phi) is 3.88. The number of hydrogen-bond donors (Lipinski definition) is 1. The first kappa shape index (κ1) is 9.86. The second-order valence-electron chi connectivity index (χ2n) is 3.04. The van der Waals surface area contributed by atoms with E-state index in [1.54, 1.807) is 0 Å². The summed E-state index contributed by atoms with van der Waals surface area (Å²) in [7, 11) is 1.44. The Bertz CT molecular complexity index is 155. The van der Waals surface area contributed by atoms with Gasteiger partial charge in [0.25, 0.3) is 0 Å². The lowest BCUT2D eigenvalue weighted by Crippen LogP contribution is -2.40. The third-order valence-electron chi connectivity index (χ3n) is 1.90. The van der Waals surface area contributed by atoms with Crippen molar-refractivity contribution in [3.8, 4) is 0 Å². The van der Waals surface area contributed by atoms with Crippen molar-refractivity contribution in [1.82, 2.24) is 5.32 Å². The highest BCUT2D eigenvalue weighted by molar-refractivity contribution is 8.00. The fourth-order valence-corrected chi connectivity index (χ4v) is 2.28. The van der Waals surface area contributed by atoms with Gasteiger partial charge in [-0.1, -0.05) is 0 Å². The van der Waals surface area contributed by atoms with Crippen LogP contribution in [0.25, 0.3) is 0 Å². The van der Waals surface area contributed by atoms with Gasteiger partial charge in [0.05, 0.1) is 13.5 Å². The maximum absolute atomic E-state index is 10.9. The predicted octanol–water partition coefficient (Wildman–Crippen LogP) is 0.643. The zero-order valence-corrected chi connectivity index (χ0v) is 8.32. The lowest BCUT2D eigenvalue weighted by molar-refractivity contribution is -0.140. The van der Waals surface area contributed by atoms with Gasteiger partial charge in [0, 0.05) is 23.6 Å². The van der Waals surface area contributed by atoms with Gasteiger partial charge >= 0.3 is 5.97 Å². The lowest BCUT2D eigenvalue weighted by Gasteiger charge is -2.26. The van der Waals surface area contributed by atoms with Crippen LogP contribution in [0.15, 0.2) is 0 Å². The Labute approximate surface area is 77.2 Å². The van der Waals surface area contributed by atoms with Crippen LogP contribution in [0.4, 0.5) is 0 Å². The summed E-state index contributed by atoms with van der Waals surface area (Å²) in [5, 5.41) is 3.73. The predicted molar refractivity (Wildman–Crippen MR) is 50.3 cm³/mol. The summed E-state index contributed by atoms with van der Waals surface area (Å²) in [6.45, 7) is 3.07. The first-order chi connectivity index (χ1) is 5.72. The summed E-state index contributed by atoms with van der Waals surface area (Å²) in [6, 6.07) is 0.573. The van der Waals surface area contributed by atoms with Crippen molar-refractivity contribution in [2.45, 2.75) is 24.6 Å². The molecule has 1 aliphatic rings. The van der Waals surface area contributed by atoms with Gasteiger partial charge in [-0.15, -0.1) is 0 Å². The minimum Gasteiger partial charge on any atom is -0.469 e. The number of carbonyl (C=O) groups is 1. The molecule has 70 valence electrons. The number of hydrogen-bond acceptors (Lipinski definition) is 4. The Morgan fingerprint density at radius 1 is 1.75 bits per heavy atom. The molecule has 0 spiro atoms. The summed E-state index contributed by atoms with van der Waals surface area (Å²) in [6.07, 6.45) is 0.529. The number of nitrogens with one attached hydrogen (secondary N) is 1. The Hall–Kier alpha value is -0.220. The monoisotopic (exact) mass is 189 g/mol. The van der Waals surface area contributed by atoms with E-state index in [2.05, 4.69) is 17.0 Å². The minimum atomic E-state index is -0.108. The van der Waals surface area contributed by atoms with Crippen molar-refractivity contribution < 1.29 is 9.53 Å². The first-order valence-electron chi connectivity index (χ1n) is 4.14. The zero-order chi connectivity index (χ0) is 8.97. The van der Waals surface area contributed by atoms with Gasteiger partial charge in [-0.05, 0) is 6.92 Å². The molecular weight excluding hydrogens is 174 g/mol. The fraction of sp³-hybridized carbons (Fsp3) is 0.875. The number of ether oxygens (including phenoxy) is 1. The van der Waals surface area contributed by atoms with Gasteiger partial charge in [-0.25, -0.2) is 0 Å². The van der Waals surface area contributed by atoms with Crippen molar-refractivity contribution >= 4 is 17.7 Å². The molecule has 1 N–H and O–H groups in total. The maximum Gasteiger partial charge on any atom is 0.306 e. The molecule has 0 saturated carbocycles. The molecule has 1 heterocycles. The van der Waals surface area contributed by atoms with E-state index in [1.165, 1.54) is 7.11 Å². The largest absolute Gasteiger partial charge is 0.469 e. The molecule has 0 aromatic heterocycles. The van der Waals surface area contributed by atoms with E-state index in [9.17, 15) is 4.79 Å². The molecule has 0 amide bonds. The standard InChI is InChI=1S/C8H15NO2S/c1-6-5-12-7(4-9-6)3-8(10)11-2/h6-7,9H,3-5H2,1-2H3. The summed E-state index contributed by atoms with van der Waals surface area (Å²) in [5.41, 5.74) is 0. The van der Waals surface area contributed by atoms with E-state index in [0.717, 1.165) is 12.3 Å². The molecule has 1 saturated heterocycles. The van der Waals surface area contributed by atoms with Crippen LogP contribution in [0.2, 0.25) is 0 Å². The molecule has 12 heavy (non-hydrogen) atoms. The van der Waals surface area contributed by atoms with Crippen molar-refractivity contribution in [3.63, 3.8) is 0 Å². The quantitative estimate of drug-likeness (QED) is 0.647. The summed E-state index contributed by atoms with van der Waals surface area (Å²) in [4.78, 5) is 10.9. The average molecular weight is 189 g/mol. The van der Waals surface area contributed by atoms with E-state index in [0.29, 0.717) is 17.7 Å². The number of methoxy groups -OCH3 is 1. The number of rotatable bonds is 2. The third-order valence-corrected chi connectivity index (χ3v) is 3.40. The highest BCUT2D eigenvalue weighted by Gasteiger charge is 2.20. The average Bonchev–Trinajstić information content (AvgIpc) is 2.09. The maximum atomic E-state index is 10.9. The number of thioether (sulfide) groups is 1. The zero-order valence-electron chi connectivity index (χ0n) is 7.50. The van der Waals surface area contributed by atoms with Crippen LogP contribution in [0.1, 0.15) is 13.3 Å². The van der Waals surface area contributed by atoms with Gasteiger partial charge in [0.15, 0.2) is 0 Å². The lowest BCUT2D eigenvalue weighted by atomic mass is 10.2. The van der Waals surface area contributed by atoms with Crippen LogP contribution in [0.3, 0.4) is 0 Å². The molecule has 0 aromatic rings. The van der Waals surface area contributed by atoms with Gasteiger partial charge in [0.2, 0.25) is 0 Å². The molecule has 0 bridgehead atoms. The SMILES string of the molecule is COC(=O)CC1CNC(C)CS1. The van der Waals surface area contributed by atoms with Crippen molar-refractivity contribution in [1.29, 1.82) is 0 Å². The van der Waals surface area contributed by atoms with Crippen molar-refractivity contribution in [3.05, 3.63) is 0 Å². The van der Waals surface area contributed by atoms with Crippen LogP contribution in [-0.4, -0.2) is 36.7 Å². The molecule has 1 rings (SSSR count). The molecule has 4 heteroatoms. The van der Waals surface area contributed by atoms with Crippen LogP contribution in [0.5, 0.6) is 0 Å². The van der Waals surface area contributed by atoms with Crippen LogP contribution in [0, 0.1) is 0 Å². The van der Waals surface area contributed by atoms with Gasteiger partial charge in [-0.3, -0.25) is 4.79 Å². The highest BCUT2D eigenvalue weighted by atomic mass is 32.2. The molecular formula is C8H15NO2S. The molecule has 0 radical (unpaired) electrons. The Morgan fingerprint density at radius 2 is 2.50 bits per heavy atom. The number of carbonyl (C=O) groups excluding carboxylic acids is 1. The van der Waals surface area contributed by atoms with Crippen LogP contribution >= 0.6 is 11.8 Å². The molecule has 3 nitrogen and oxygen atoms in total. The Balaban J connectivity index is 2.21. The van der Waals surface area contributed by atoms with Gasteiger partial charge in [0.1, 0.15) is 0 Å². The van der Waals surface area contributed by atoms with Crippen molar-refractivity contribution in [2.24, 2.45) is 0 Å². The second-order valence-corrected chi connectivity index (χ2v) is 4.38. The minimum absolute atomic E-state index is 0.108. The topological polar surface area (TPSA) is 38.3 Å². The molecule has 2 atom stereocenters. The van der Waals surface area contributed by atoms with Crippen LogP contribution in [-0.2, 0) is 9.53 Å². The summed E-state index contributed by atoms with van der Waals surface area (Å²) < 4.78 is 4.60. The number of esters is 1. The fourth-order valence-electron chi connectivity index (χ4n) is 1.13. The first-order valence-corrected chi connectivity index (χ1v) is 5.19. The van der Waals surface area contributed by atoms with E-state index < -0.39 is 0 Å². The van der Waals surface area contributed by atoms with E-state index in [4.69, 9.17) is 0 Å². The van der Waals surface area contributed by atoms with Gasteiger partial charge < -0.3 is 10.1 Å². The highest BCUT2D eigenvalue weighted by Crippen LogP contribution is 2.19. The molecule has 0 aromatic carbocycles. The van der Waals surface area contributed by atoms with E-state index in [1.807, 2.05) is 11.8 Å². The van der Waals surface area contributed by atoms with E-state index >= 15 is 0 Å². The van der Waals surface area contributed by atoms with Crippen LogP contribution < -0.4 is 5.32 Å². The van der Waals surface area contributed by atoms with Gasteiger partial charge in [-0.2, -0.15) is 11.8 Å². The van der Waals surface area contributed by atoms with Crippen molar-refractivity contribution in [2.75, 3.05) is 19.4 Å². The second kappa shape index (κ2) is 4.72. The normalized spacial score (nSPS) is 29.8. The molecule has 0 aliphatic carbocycles. The molecule has 1 aliphatic heterocycles. The molecule has 2 unspecified atom stereocenters. The summed E-state index contributed by atoms with van der Waals surface area (Å²) in [5.74, 6) is 0.977. The third kappa shape index (κ3) is 3.03. The Morgan fingerprint density at radius 3 is 3.00 bits per heavy atom.